The first-order valence-corrected chi connectivity index (χ1v) is 8.93. The Morgan fingerprint density at radius 1 is 1.00 bits per heavy atom. The lowest BCUT2D eigenvalue weighted by Gasteiger charge is -2.22. The molecule has 2 heteroatoms. The van der Waals surface area contributed by atoms with Crippen LogP contribution in [0.2, 0.25) is 0 Å². The lowest BCUT2D eigenvalue weighted by molar-refractivity contribution is 0.111. The maximum atomic E-state index is 11.7. The van der Waals surface area contributed by atoms with Gasteiger partial charge in [0.1, 0.15) is 0 Å². The largest absolute Gasteiger partial charge is 0.314 e. The fourth-order valence-electron chi connectivity index (χ4n) is 4.03. The molecule has 24 heavy (non-hydrogen) atoms. The number of hydrogen-bond donors (Lipinski definition) is 0. The van der Waals surface area contributed by atoms with Gasteiger partial charge in [0.05, 0.1) is 5.69 Å². The lowest BCUT2D eigenvalue weighted by atomic mass is 9.84. The summed E-state index contributed by atoms with van der Waals surface area (Å²) in [6.45, 7) is 2.08. The van der Waals surface area contributed by atoms with Gasteiger partial charge >= 0.3 is 0 Å². The highest BCUT2D eigenvalue weighted by molar-refractivity contribution is 5.90. The van der Waals surface area contributed by atoms with Gasteiger partial charge in [-0.25, -0.2) is 0 Å². The number of carbonyl (C=O) groups is 1. The van der Waals surface area contributed by atoms with Crippen molar-refractivity contribution in [3.05, 3.63) is 65.5 Å². The monoisotopic (exact) mass is 317 g/mol. The van der Waals surface area contributed by atoms with E-state index in [0.29, 0.717) is 5.92 Å². The molecule has 0 N–H and O–H groups in total. The van der Waals surface area contributed by atoms with Crippen molar-refractivity contribution in [2.24, 2.45) is 0 Å². The van der Waals surface area contributed by atoms with Crippen LogP contribution in [-0.4, -0.2) is 10.7 Å². The van der Waals surface area contributed by atoms with Crippen molar-refractivity contribution in [1.29, 1.82) is 0 Å². The van der Waals surface area contributed by atoms with Crippen LogP contribution in [0, 0.1) is 6.92 Å². The molecule has 2 nitrogen and oxygen atoms in total. The Balaban J connectivity index is 1.73. The van der Waals surface area contributed by atoms with E-state index in [4.69, 9.17) is 0 Å². The van der Waals surface area contributed by atoms with Crippen LogP contribution >= 0.6 is 0 Å². The van der Waals surface area contributed by atoms with Gasteiger partial charge in [0, 0.05) is 17.3 Å². The van der Waals surface area contributed by atoms with Crippen LogP contribution < -0.4 is 0 Å². The van der Waals surface area contributed by atoms with Crippen LogP contribution in [0.5, 0.6) is 0 Å². The van der Waals surface area contributed by atoms with E-state index in [1.807, 2.05) is 16.7 Å². The van der Waals surface area contributed by atoms with Crippen LogP contribution in [-0.2, 0) is 0 Å². The molecule has 122 valence electrons. The zero-order valence-corrected chi connectivity index (χ0v) is 14.2. The molecule has 1 aliphatic carbocycles. The molecule has 0 spiro atoms. The highest BCUT2D eigenvalue weighted by Crippen LogP contribution is 2.34. The molecule has 1 fully saturated rings. The summed E-state index contributed by atoms with van der Waals surface area (Å²) in [5.74, 6) is 0.717. The summed E-state index contributed by atoms with van der Waals surface area (Å²) in [6, 6.07) is 15.1. The minimum atomic E-state index is 0.717. The molecular weight excluding hydrogens is 294 g/mol. The fourth-order valence-corrected chi connectivity index (χ4v) is 4.03. The highest BCUT2D eigenvalue weighted by atomic mass is 16.1. The first-order chi connectivity index (χ1) is 11.8. The van der Waals surface area contributed by atoms with Crippen molar-refractivity contribution in [1.82, 2.24) is 4.40 Å². The molecule has 0 amide bonds. The maximum absolute atomic E-state index is 11.7. The molecule has 2 heterocycles. The van der Waals surface area contributed by atoms with E-state index in [1.54, 1.807) is 0 Å². The molecule has 0 atom stereocenters. The number of fused-ring (bicyclic) bond motifs is 1. The molecule has 2 aromatic heterocycles. The lowest BCUT2D eigenvalue weighted by Crippen LogP contribution is -2.04. The number of nitrogens with zero attached hydrogens (tertiary/aromatic N) is 1. The van der Waals surface area contributed by atoms with Crippen molar-refractivity contribution >= 4 is 11.8 Å². The van der Waals surface area contributed by atoms with E-state index in [0.717, 1.165) is 28.6 Å². The zero-order valence-electron chi connectivity index (χ0n) is 14.2. The molecule has 1 aromatic carbocycles. The van der Waals surface area contributed by atoms with Crippen LogP contribution in [0.1, 0.15) is 59.6 Å². The number of aryl methyl sites for hydroxylation is 1. The minimum Gasteiger partial charge on any atom is -0.314 e. The second kappa shape index (κ2) is 6.27. The van der Waals surface area contributed by atoms with Gasteiger partial charge in [0.2, 0.25) is 0 Å². The van der Waals surface area contributed by atoms with Crippen molar-refractivity contribution in [2.45, 2.75) is 44.9 Å². The molecule has 1 aliphatic rings. The quantitative estimate of drug-likeness (QED) is 0.561. The van der Waals surface area contributed by atoms with E-state index >= 15 is 0 Å². The SMILES string of the molecule is Cc1ccn2c(C=O)c(-c3ccc(C4CCCCC4)cc3)cc2c1. The van der Waals surface area contributed by atoms with Gasteiger partial charge in [-0.15, -0.1) is 0 Å². The standard InChI is InChI=1S/C22H23NO/c1-16-11-12-23-20(13-16)14-21(22(23)15-24)19-9-7-18(8-10-19)17-5-3-2-4-6-17/h7-15,17H,2-6H2,1H3. The summed E-state index contributed by atoms with van der Waals surface area (Å²) in [6.07, 6.45) is 9.66. The van der Waals surface area contributed by atoms with Gasteiger partial charge in [-0.2, -0.15) is 0 Å². The Morgan fingerprint density at radius 3 is 2.46 bits per heavy atom. The topological polar surface area (TPSA) is 21.5 Å². The van der Waals surface area contributed by atoms with Gasteiger partial charge in [0.15, 0.2) is 6.29 Å². The molecule has 0 unspecified atom stereocenters. The number of pyridine rings is 1. The summed E-state index contributed by atoms with van der Waals surface area (Å²) in [7, 11) is 0. The van der Waals surface area contributed by atoms with Crippen LogP contribution in [0.15, 0.2) is 48.7 Å². The molecule has 4 rings (SSSR count). The van der Waals surface area contributed by atoms with Crippen molar-refractivity contribution in [2.75, 3.05) is 0 Å². The number of hydrogen-bond acceptors (Lipinski definition) is 1. The highest BCUT2D eigenvalue weighted by Gasteiger charge is 2.16. The van der Waals surface area contributed by atoms with Gasteiger partial charge in [0.25, 0.3) is 0 Å². The number of aromatic nitrogens is 1. The third kappa shape index (κ3) is 2.66. The number of carbonyl (C=O) groups excluding carboxylic acids is 1. The Bertz CT molecular complexity index is 867. The molecule has 1 saturated carbocycles. The smallest absolute Gasteiger partial charge is 0.167 e. The normalized spacial score (nSPS) is 15.7. The zero-order chi connectivity index (χ0) is 16.5. The predicted molar refractivity (Wildman–Crippen MR) is 98.8 cm³/mol. The Hall–Kier alpha value is -2.35. The van der Waals surface area contributed by atoms with E-state index in [9.17, 15) is 4.79 Å². The summed E-state index contributed by atoms with van der Waals surface area (Å²) in [4.78, 5) is 11.7. The molecule has 0 saturated heterocycles. The Morgan fingerprint density at radius 2 is 1.75 bits per heavy atom. The fraction of sp³-hybridized carbons (Fsp3) is 0.318. The van der Waals surface area contributed by atoms with Crippen molar-refractivity contribution in [3.63, 3.8) is 0 Å². The Kier molecular flexibility index (Phi) is 3.97. The maximum Gasteiger partial charge on any atom is 0.167 e. The third-order valence-electron chi connectivity index (χ3n) is 5.38. The van der Waals surface area contributed by atoms with E-state index < -0.39 is 0 Å². The second-order valence-electron chi connectivity index (χ2n) is 7.02. The molecule has 0 radical (unpaired) electrons. The first kappa shape index (κ1) is 15.2. The molecule has 0 bridgehead atoms. The first-order valence-electron chi connectivity index (χ1n) is 8.93. The van der Waals surface area contributed by atoms with Crippen molar-refractivity contribution in [3.8, 4) is 11.1 Å². The minimum absolute atomic E-state index is 0.717. The average Bonchev–Trinajstić information content (AvgIpc) is 3.00. The van der Waals surface area contributed by atoms with Gasteiger partial charge < -0.3 is 4.40 Å². The van der Waals surface area contributed by atoms with Crippen molar-refractivity contribution < 1.29 is 4.79 Å². The molecule has 0 aliphatic heterocycles. The van der Waals surface area contributed by atoms with E-state index in [-0.39, 0.29) is 0 Å². The summed E-state index contributed by atoms with van der Waals surface area (Å²) in [5, 5.41) is 0. The van der Waals surface area contributed by atoms with Crippen LogP contribution in [0.3, 0.4) is 0 Å². The second-order valence-corrected chi connectivity index (χ2v) is 7.02. The number of rotatable bonds is 3. The summed E-state index contributed by atoms with van der Waals surface area (Å²) < 4.78 is 1.98. The molecule has 3 aromatic rings. The number of benzene rings is 1. The Labute approximate surface area is 143 Å². The summed E-state index contributed by atoms with van der Waals surface area (Å²) >= 11 is 0. The van der Waals surface area contributed by atoms with E-state index in [1.165, 1.54) is 43.2 Å². The van der Waals surface area contributed by atoms with Crippen LogP contribution in [0.4, 0.5) is 0 Å². The van der Waals surface area contributed by atoms with Gasteiger partial charge in [-0.05, 0) is 60.6 Å². The van der Waals surface area contributed by atoms with E-state index in [2.05, 4.69) is 43.3 Å². The molecular formula is C22H23NO. The van der Waals surface area contributed by atoms with Crippen LogP contribution in [0.25, 0.3) is 16.6 Å². The average molecular weight is 317 g/mol. The summed E-state index contributed by atoms with van der Waals surface area (Å²) in [5.41, 5.74) is 6.60. The predicted octanol–water partition coefficient (Wildman–Crippen LogP) is 5.77. The number of aldehydes is 1. The van der Waals surface area contributed by atoms with Gasteiger partial charge in [-0.1, -0.05) is 43.5 Å². The van der Waals surface area contributed by atoms with Gasteiger partial charge in [-0.3, -0.25) is 4.79 Å². The third-order valence-corrected chi connectivity index (χ3v) is 5.38.